The van der Waals surface area contributed by atoms with Crippen LogP contribution in [0.3, 0.4) is 0 Å². The van der Waals surface area contributed by atoms with E-state index in [4.69, 9.17) is 0 Å². The van der Waals surface area contributed by atoms with Gasteiger partial charge in [0.1, 0.15) is 0 Å². The van der Waals surface area contributed by atoms with Gasteiger partial charge in [-0.15, -0.1) is 0 Å². The van der Waals surface area contributed by atoms with Crippen molar-refractivity contribution in [1.29, 1.82) is 0 Å². The van der Waals surface area contributed by atoms with E-state index in [0.29, 0.717) is 24.9 Å². The van der Waals surface area contributed by atoms with Crippen molar-refractivity contribution in [2.75, 3.05) is 0 Å². The first-order valence-electron chi connectivity index (χ1n) is 5.58. The van der Waals surface area contributed by atoms with Crippen LogP contribution in [0.4, 0.5) is 13.2 Å². The highest BCUT2D eigenvalue weighted by Gasteiger charge is 2.30. The van der Waals surface area contributed by atoms with Gasteiger partial charge >= 0.3 is 6.18 Å². The quantitative estimate of drug-likeness (QED) is 0.899. The van der Waals surface area contributed by atoms with Crippen molar-refractivity contribution in [3.63, 3.8) is 0 Å². The maximum atomic E-state index is 12.5. The number of ketones is 1. The van der Waals surface area contributed by atoms with E-state index >= 15 is 0 Å². The van der Waals surface area contributed by atoms with Gasteiger partial charge in [0.25, 0.3) is 0 Å². The maximum Gasteiger partial charge on any atom is 0.416 e. The molecule has 1 N–H and O–H groups in total. The molecular weight excluding hydrogens is 243 g/mol. The molecule has 1 aliphatic rings. The lowest BCUT2D eigenvalue weighted by atomic mass is 10.1. The van der Waals surface area contributed by atoms with Crippen LogP contribution in [0.1, 0.15) is 24.0 Å². The third kappa shape index (κ3) is 3.12. The fourth-order valence-electron chi connectivity index (χ4n) is 1.81. The number of alkyl halides is 3. The van der Waals surface area contributed by atoms with Crippen LogP contribution in [0.25, 0.3) is 0 Å². The van der Waals surface area contributed by atoms with Gasteiger partial charge in [0.15, 0.2) is 5.78 Å². The molecule has 0 atom stereocenters. The van der Waals surface area contributed by atoms with Crippen LogP contribution < -0.4 is 5.32 Å². The van der Waals surface area contributed by atoms with Crippen molar-refractivity contribution < 1.29 is 18.0 Å². The van der Waals surface area contributed by atoms with E-state index in [0.717, 1.165) is 17.8 Å². The number of nitrogens with one attached hydrogen (secondary N) is 1. The Morgan fingerprint density at radius 2 is 2.00 bits per heavy atom. The number of hydrogen-bond acceptors (Lipinski definition) is 2. The van der Waals surface area contributed by atoms with Crippen molar-refractivity contribution in [2.24, 2.45) is 0 Å². The molecule has 96 valence electrons. The molecule has 0 saturated heterocycles. The summed E-state index contributed by atoms with van der Waals surface area (Å²) < 4.78 is 37.5. The predicted molar refractivity (Wildman–Crippen MR) is 60.6 cm³/mol. The summed E-state index contributed by atoms with van der Waals surface area (Å²) in [6.45, 7) is 0.295. The first kappa shape index (κ1) is 12.7. The summed E-state index contributed by atoms with van der Waals surface area (Å²) in [5, 5.41) is 2.98. The second kappa shape index (κ2) is 4.84. The molecule has 1 aromatic rings. The molecule has 0 aromatic heterocycles. The Balaban J connectivity index is 2.02. The maximum absolute atomic E-state index is 12.5. The minimum atomic E-state index is -4.32. The van der Waals surface area contributed by atoms with Gasteiger partial charge in [0.05, 0.1) is 5.56 Å². The molecule has 18 heavy (non-hydrogen) atoms. The van der Waals surface area contributed by atoms with E-state index in [1.807, 2.05) is 0 Å². The summed E-state index contributed by atoms with van der Waals surface area (Å²) in [5.41, 5.74) is 0.681. The Morgan fingerprint density at radius 1 is 1.22 bits per heavy atom. The minimum Gasteiger partial charge on any atom is -0.384 e. The molecule has 0 bridgehead atoms. The van der Waals surface area contributed by atoms with Gasteiger partial charge in [-0.05, 0) is 24.1 Å². The third-order valence-corrected chi connectivity index (χ3v) is 2.75. The molecule has 1 aliphatic carbocycles. The SMILES string of the molecule is O=C1C=C(NCc2cccc(C(F)(F)F)c2)CC1. The zero-order valence-electron chi connectivity index (χ0n) is 9.55. The molecular formula is C13H12F3NO. The Bertz CT molecular complexity index is 491. The first-order chi connectivity index (χ1) is 8.45. The van der Waals surface area contributed by atoms with Crippen LogP contribution >= 0.6 is 0 Å². The number of hydrogen-bond donors (Lipinski definition) is 1. The number of allylic oxidation sites excluding steroid dienone is 2. The number of carbonyl (C=O) groups is 1. The fourth-order valence-corrected chi connectivity index (χ4v) is 1.81. The second-order valence-electron chi connectivity index (χ2n) is 4.19. The van der Waals surface area contributed by atoms with Gasteiger partial charge < -0.3 is 5.32 Å². The van der Waals surface area contributed by atoms with Crippen molar-refractivity contribution in [3.8, 4) is 0 Å². The van der Waals surface area contributed by atoms with Gasteiger partial charge in [-0.25, -0.2) is 0 Å². The van der Waals surface area contributed by atoms with Gasteiger partial charge in [-0.3, -0.25) is 4.79 Å². The average Bonchev–Trinajstić information content (AvgIpc) is 2.72. The summed E-state index contributed by atoms with van der Waals surface area (Å²) >= 11 is 0. The summed E-state index contributed by atoms with van der Waals surface area (Å²) in [6, 6.07) is 5.17. The summed E-state index contributed by atoms with van der Waals surface area (Å²) in [4.78, 5) is 11.0. The van der Waals surface area contributed by atoms with Gasteiger partial charge in [-0.1, -0.05) is 12.1 Å². The van der Waals surface area contributed by atoms with E-state index in [-0.39, 0.29) is 5.78 Å². The normalized spacial score (nSPS) is 15.7. The summed E-state index contributed by atoms with van der Waals surface area (Å²) in [5.74, 6) is 0.0570. The van der Waals surface area contributed by atoms with Gasteiger partial charge in [-0.2, -0.15) is 13.2 Å². The molecule has 0 unspecified atom stereocenters. The Labute approximate surface area is 102 Å². The molecule has 1 aromatic carbocycles. The number of benzene rings is 1. The topological polar surface area (TPSA) is 29.1 Å². The highest BCUT2D eigenvalue weighted by Crippen LogP contribution is 2.29. The molecule has 2 nitrogen and oxygen atoms in total. The smallest absolute Gasteiger partial charge is 0.384 e. The molecule has 0 amide bonds. The van der Waals surface area contributed by atoms with Crippen LogP contribution in [0.15, 0.2) is 36.0 Å². The van der Waals surface area contributed by atoms with E-state index in [1.54, 1.807) is 6.07 Å². The lowest BCUT2D eigenvalue weighted by Crippen LogP contribution is -2.12. The summed E-state index contributed by atoms with van der Waals surface area (Å²) in [7, 11) is 0. The van der Waals surface area contributed by atoms with Crippen molar-refractivity contribution in [2.45, 2.75) is 25.6 Å². The zero-order chi connectivity index (χ0) is 13.2. The van der Waals surface area contributed by atoms with Crippen LogP contribution in [-0.4, -0.2) is 5.78 Å². The summed E-state index contributed by atoms with van der Waals surface area (Å²) in [6.07, 6.45) is -1.70. The van der Waals surface area contributed by atoms with Crippen molar-refractivity contribution in [1.82, 2.24) is 5.32 Å². The highest BCUT2D eigenvalue weighted by atomic mass is 19.4. The Hall–Kier alpha value is -1.78. The monoisotopic (exact) mass is 255 g/mol. The number of rotatable bonds is 3. The van der Waals surface area contributed by atoms with Crippen LogP contribution in [0.2, 0.25) is 0 Å². The number of carbonyl (C=O) groups excluding carboxylic acids is 1. The highest BCUT2D eigenvalue weighted by molar-refractivity contribution is 5.92. The molecule has 0 radical (unpaired) electrons. The van der Waals surface area contributed by atoms with E-state index < -0.39 is 11.7 Å². The standard InChI is InChI=1S/C13H12F3NO/c14-13(15,16)10-3-1-2-9(6-10)8-17-11-4-5-12(18)7-11/h1-3,6-7,17H,4-5,8H2. The van der Waals surface area contributed by atoms with Crippen LogP contribution in [0.5, 0.6) is 0 Å². The van der Waals surface area contributed by atoms with Crippen LogP contribution in [0, 0.1) is 0 Å². The second-order valence-corrected chi connectivity index (χ2v) is 4.19. The lowest BCUT2D eigenvalue weighted by Gasteiger charge is -2.10. The van der Waals surface area contributed by atoms with Gasteiger partial charge in [0, 0.05) is 24.7 Å². The Kier molecular flexibility index (Phi) is 3.41. The van der Waals surface area contributed by atoms with E-state index in [2.05, 4.69) is 5.32 Å². The lowest BCUT2D eigenvalue weighted by molar-refractivity contribution is -0.137. The minimum absolute atomic E-state index is 0.0570. The molecule has 0 aliphatic heterocycles. The van der Waals surface area contributed by atoms with Crippen molar-refractivity contribution in [3.05, 3.63) is 47.2 Å². The molecule has 0 fully saturated rings. The molecule has 0 heterocycles. The molecule has 5 heteroatoms. The van der Waals surface area contributed by atoms with E-state index in [9.17, 15) is 18.0 Å². The Morgan fingerprint density at radius 3 is 2.61 bits per heavy atom. The van der Waals surface area contributed by atoms with Crippen molar-refractivity contribution >= 4 is 5.78 Å². The van der Waals surface area contributed by atoms with E-state index in [1.165, 1.54) is 12.1 Å². The zero-order valence-corrected chi connectivity index (χ0v) is 9.55. The molecule has 0 saturated carbocycles. The predicted octanol–water partition coefficient (Wildman–Crippen LogP) is 3.04. The van der Waals surface area contributed by atoms with Gasteiger partial charge in [0.2, 0.25) is 0 Å². The third-order valence-electron chi connectivity index (χ3n) is 2.75. The first-order valence-corrected chi connectivity index (χ1v) is 5.58. The van der Waals surface area contributed by atoms with Crippen LogP contribution in [-0.2, 0) is 17.5 Å². The molecule has 2 rings (SSSR count). The number of halogens is 3. The largest absolute Gasteiger partial charge is 0.416 e. The fraction of sp³-hybridized carbons (Fsp3) is 0.308. The average molecular weight is 255 g/mol. The molecule has 0 spiro atoms.